The molecule has 3 aromatic rings. The van der Waals surface area contributed by atoms with Gasteiger partial charge in [0.2, 0.25) is 0 Å². The molecule has 0 aliphatic carbocycles. The maximum Gasteiger partial charge on any atom is 0.185 e. The number of para-hydroxylation sites is 1. The SMILES string of the molecule is COc1ccccc1-c1nc2cc(C#N)ccn2n1. The van der Waals surface area contributed by atoms with Gasteiger partial charge in [-0.25, -0.2) is 9.50 Å². The molecule has 0 aliphatic rings. The highest BCUT2D eigenvalue weighted by Crippen LogP contribution is 2.27. The van der Waals surface area contributed by atoms with Crippen LogP contribution in [0.2, 0.25) is 0 Å². The molecule has 5 heteroatoms. The summed E-state index contributed by atoms with van der Waals surface area (Å²) in [5.41, 5.74) is 2.03. The molecule has 0 N–H and O–H groups in total. The minimum atomic E-state index is 0.562. The minimum Gasteiger partial charge on any atom is -0.496 e. The predicted molar refractivity (Wildman–Crippen MR) is 69.7 cm³/mol. The number of rotatable bonds is 2. The van der Waals surface area contributed by atoms with Crippen molar-refractivity contribution in [3.63, 3.8) is 0 Å². The van der Waals surface area contributed by atoms with Crippen molar-refractivity contribution in [3.05, 3.63) is 48.2 Å². The van der Waals surface area contributed by atoms with Crippen molar-refractivity contribution in [3.8, 4) is 23.2 Å². The zero-order valence-electron chi connectivity index (χ0n) is 10.2. The van der Waals surface area contributed by atoms with Crippen LogP contribution in [0.25, 0.3) is 17.0 Å². The molecule has 5 nitrogen and oxygen atoms in total. The van der Waals surface area contributed by atoms with Gasteiger partial charge in [-0.2, -0.15) is 5.26 Å². The molecule has 0 radical (unpaired) electrons. The summed E-state index contributed by atoms with van der Waals surface area (Å²) in [6.07, 6.45) is 1.72. The zero-order chi connectivity index (χ0) is 13.2. The van der Waals surface area contributed by atoms with Crippen molar-refractivity contribution in [2.45, 2.75) is 0 Å². The van der Waals surface area contributed by atoms with Crippen LogP contribution in [-0.2, 0) is 0 Å². The van der Waals surface area contributed by atoms with Gasteiger partial charge in [0.25, 0.3) is 0 Å². The smallest absolute Gasteiger partial charge is 0.185 e. The summed E-state index contributed by atoms with van der Waals surface area (Å²) >= 11 is 0. The number of methoxy groups -OCH3 is 1. The average Bonchev–Trinajstić information content (AvgIpc) is 2.89. The van der Waals surface area contributed by atoms with E-state index in [9.17, 15) is 0 Å². The second-order valence-electron chi connectivity index (χ2n) is 3.97. The number of fused-ring (bicyclic) bond motifs is 1. The topological polar surface area (TPSA) is 63.2 Å². The molecule has 0 saturated heterocycles. The molecule has 2 aromatic heterocycles. The quantitative estimate of drug-likeness (QED) is 0.700. The van der Waals surface area contributed by atoms with Crippen molar-refractivity contribution < 1.29 is 4.74 Å². The Kier molecular flexibility index (Phi) is 2.62. The Morgan fingerprint density at radius 1 is 1.26 bits per heavy atom. The van der Waals surface area contributed by atoms with Crippen molar-refractivity contribution in [1.29, 1.82) is 5.26 Å². The number of pyridine rings is 1. The molecule has 2 heterocycles. The monoisotopic (exact) mass is 250 g/mol. The van der Waals surface area contributed by atoms with E-state index >= 15 is 0 Å². The largest absolute Gasteiger partial charge is 0.496 e. The van der Waals surface area contributed by atoms with Crippen LogP contribution >= 0.6 is 0 Å². The first-order valence-electron chi connectivity index (χ1n) is 5.72. The molecule has 0 amide bonds. The molecule has 3 rings (SSSR count). The van der Waals surface area contributed by atoms with Gasteiger partial charge in [-0.05, 0) is 18.2 Å². The highest BCUT2D eigenvalue weighted by atomic mass is 16.5. The number of hydrogen-bond acceptors (Lipinski definition) is 4. The summed E-state index contributed by atoms with van der Waals surface area (Å²) < 4.78 is 6.94. The molecular formula is C14H10N4O. The van der Waals surface area contributed by atoms with Crippen LogP contribution in [0, 0.1) is 11.3 Å². The van der Waals surface area contributed by atoms with Gasteiger partial charge in [-0.1, -0.05) is 12.1 Å². The van der Waals surface area contributed by atoms with E-state index in [1.165, 1.54) is 0 Å². The molecule has 0 saturated carbocycles. The standard InChI is InChI=1S/C14H10N4O/c1-19-12-5-3-2-4-11(12)14-16-13-8-10(9-15)6-7-18(13)17-14/h2-8H,1H3. The lowest BCUT2D eigenvalue weighted by molar-refractivity contribution is 0.416. The highest BCUT2D eigenvalue weighted by Gasteiger charge is 2.11. The molecule has 0 fully saturated rings. The van der Waals surface area contributed by atoms with E-state index in [0.29, 0.717) is 17.0 Å². The first kappa shape index (κ1) is 11.2. The number of aromatic nitrogens is 3. The van der Waals surface area contributed by atoms with E-state index in [0.717, 1.165) is 11.3 Å². The second kappa shape index (κ2) is 4.42. The van der Waals surface area contributed by atoms with Gasteiger partial charge in [-0.3, -0.25) is 0 Å². The van der Waals surface area contributed by atoms with Gasteiger partial charge in [-0.15, -0.1) is 5.10 Å². The molecule has 19 heavy (non-hydrogen) atoms. The molecule has 92 valence electrons. The van der Waals surface area contributed by atoms with E-state index in [-0.39, 0.29) is 0 Å². The lowest BCUT2D eigenvalue weighted by Crippen LogP contribution is -1.89. The number of benzene rings is 1. The van der Waals surface area contributed by atoms with E-state index in [2.05, 4.69) is 16.2 Å². The lowest BCUT2D eigenvalue weighted by Gasteiger charge is -2.03. The van der Waals surface area contributed by atoms with Gasteiger partial charge in [0.1, 0.15) is 5.75 Å². The third-order valence-corrected chi connectivity index (χ3v) is 2.81. The molecular weight excluding hydrogens is 240 g/mol. The fourth-order valence-corrected chi connectivity index (χ4v) is 1.89. The van der Waals surface area contributed by atoms with Crippen LogP contribution < -0.4 is 4.74 Å². The minimum absolute atomic E-state index is 0.562. The van der Waals surface area contributed by atoms with E-state index in [1.54, 1.807) is 30.0 Å². The van der Waals surface area contributed by atoms with Crippen molar-refractivity contribution in [1.82, 2.24) is 14.6 Å². The highest BCUT2D eigenvalue weighted by molar-refractivity contribution is 5.66. The zero-order valence-corrected chi connectivity index (χ0v) is 10.2. The van der Waals surface area contributed by atoms with Crippen LogP contribution in [0.3, 0.4) is 0 Å². The molecule has 0 unspecified atom stereocenters. The number of hydrogen-bond donors (Lipinski definition) is 0. The van der Waals surface area contributed by atoms with E-state index < -0.39 is 0 Å². The van der Waals surface area contributed by atoms with E-state index in [1.807, 2.05) is 24.3 Å². The summed E-state index contributed by atoms with van der Waals surface area (Å²) in [6.45, 7) is 0. The third-order valence-electron chi connectivity index (χ3n) is 2.81. The Hall–Kier alpha value is -2.87. The number of nitrogens with zero attached hydrogens (tertiary/aromatic N) is 4. The first-order valence-corrected chi connectivity index (χ1v) is 5.72. The summed E-state index contributed by atoms with van der Waals surface area (Å²) in [5, 5.41) is 13.3. The van der Waals surface area contributed by atoms with Crippen molar-refractivity contribution >= 4 is 5.65 Å². The molecule has 0 spiro atoms. The van der Waals surface area contributed by atoms with Gasteiger partial charge < -0.3 is 4.74 Å². The Morgan fingerprint density at radius 2 is 2.11 bits per heavy atom. The van der Waals surface area contributed by atoms with E-state index in [4.69, 9.17) is 10.00 Å². The Balaban J connectivity index is 2.18. The maximum absolute atomic E-state index is 8.88. The van der Waals surface area contributed by atoms with Crippen LogP contribution in [0.5, 0.6) is 5.75 Å². The van der Waals surface area contributed by atoms with Crippen LogP contribution in [0.4, 0.5) is 0 Å². The van der Waals surface area contributed by atoms with Gasteiger partial charge >= 0.3 is 0 Å². The third kappa shape index (κ3) is 1.89. The normalized spacial score (nSPS) is 10.3. The van der Waals surface area contributed by atoms with Crippen LogP contribution in [0.15, 0.2) is 42.6 Å². The van der Waals surface area contributed by atoms with Crippen molar-refractivity contribution in [2.75, 3.05) is 7.11 Å². The van der Waals surface area contributed by atoms with Crippen LogP contribution in [-0.4, -0.2) is 21.7 Å². The number of nitriles is 1. The molecule has 0 bridgehead atoms. The fourth-order valence-electron chi connectivity index (χ4n) is 1.89. The molecule has 0 aliphatic heterocycles. The second-order valence-corrected chi connectivity index (χ2v) is 3.97. The summed E-state index contributed by atoms with van der Waals surface area (Å²) in [4.78, 5) is 4.42. The van der Waals surface area contributed by atoms with Gasteiger partial charge in [0, 0.05) is 12.3 Å². The Labute approximate surface area is 109 Å². The lowest BCUT2D eigenvalue weighted by atomic mass is 10.2. The summed E-state index contributed by atoms with van der Waals surface area (Å²) in [5.74, 6) is 1.30. The first-order chi connectivity index (χ1) is 9.31. The Morgan fingerprint density at radius 3 is 2.89 bits per heavy atom. The molecule has 1 aromatic carbocycles. The maximum atomic E-state index is 8.88. The van der Waals surface area contributed by atoms with Crippen molar-refractivity contribution in [2.24, 2.45) is 0 Å². The predicted octanol–water partition coefficient (Wildman–Crippen LogP) is 2.28. The summed E-state index contributed by atoms with van der Waals surface area (Å²) in [6, 6.07) is 13.1. The average molecular weight is 250 g/mol. The Bertz CT molecular complexity index is 785. The number of ether oxygens (including phenoxy) is 1. The summed E-state index contributed by atoms with van der Waals surface area (Å²) in [7, 11) is 1.61. The van der Waals surface area contributed by atoms with Crippen LogP contribution in [0.1, 0.15) is 5.56 Å². The fraction of sp³-hybridized carbons (Fsp3) is 0.0714. The molecule has 0 atom stereocenters. The van der Waals surface area contributed by atoms with Gasteiger partial charge in [0.15, 0.2) is 11.5 Å². The van der Waals surface area contributed by atoms with Gasteiger partial charge in [0.05, 0.1) is 24.3 Å².